The molecule has 2 aromatic carbocycles. The third kappa shape index (κ3) is 4.06. The number of aryl methyl sites for hydroxylation is 2. The minimum Gasteiger partial charge on any atom is -0.348 e. The second kappa shape index (κ2) is 7.91. The molecule has 1 aliphatic rings. The molecule has 1 aromatic heterocycles. The monoisotopic (exact) mass is 388 g/mol. The van der Waals surface area contributed by atoms with Gasteiger partial charge in [-0.3, -0.25) is 14.5 Å². The summed E-state index contributed by atoms with van der Waals surface area (Å²) in [6.45, 7) is 4.48. The fourth-order valence-corrected chi connectivity index (χ4v) is 3.54. The number of amides is 2. The maximum atomic E-state index is 12.6. The molecule has 0 spiro atoms. The van der Waals surface area contributed by atoms with Crippen LogP contribution in [-0.4, -0.2) is 28.1 Å². The lowest BCUT2D eigenvalue weighted by atomic mass is 10.1. The van der Waals surface area contributed by atoms with Crippen LogP contribution < -0.4 is 10.2 Å². The predicted molar refractivity (Wildman–Crippen MR) is 112 cm³/mol. The summed E-state index contributed by atoms with van der Waals surface area (Å²) in [5.41, 5.74) is 4.00. The summed E-state index contributed by atoms with van der Waals surface area (Å²) < 4.78 is 1.81. The highest BCUT2D eigenvalue weighted by Gasteiger charge is 2.28. The van der Waals surface area contributed by atoms with E-state index in [4.69, 9.17) is 0 Å². The summed E-state index contributed by atoms with van der Waals surface area (Å²) >= 11 is 0. The molecule has 0 bridgehead atoms. The van der Waals surface area contributed by atoms with E-state index in [1.54, 1.807) is 0 Å². The number of benzene rings is 2. The third-order valence-electron chi connectivity index (χ3n) is 5.20. The molecule has 1 aliphatic heterocycles. The van der Waals surface area contributed by atoms with Crippen LogP contribution in [0, 0.1) is 6.92 Å². The van der Waals surface area contributed by atoms with Crippen molar-refractivity contribution < 1.29 is 9.59 Å². The van der Waals surface area contributed by atoms with Gasteiger partial charge in [-0.05, 0) is 19.4 Å². The van der Waals surface area contributed by atoms with Crippen molar-refractivity contribution in [2.24, 2.45) is 0 Å². The van der Waals surface area contributed by atoms with E-state index in [9.17, 15) is 9.59 Å². The number of fused-ring (bicyclic) bond motifs is 1. The first-order valence-corrected chi connectivity index (χ1v) is 9.81. The summed E-state index contributed by atoms with van der Waals surface area (Å²) in [5.74, 6) is 0.413. The molecule has 0 unspecified atom stereocenters. The van der Waals surface area contributed by atoms with Crippen LogP contribution in [0.2, 0.25) is 0 Å². The quantitative estimate of drug-likeness (QED) is 0.728. The van der Waals surface area contributed by atoms with Crippen molar-refractivity contribution in [1.82, 2.24) is 15.1 Å². The lowest BCUT2D eigenvalue weighted by molar-refractivity contribution is -0.124. The SMILES string of the molecule is Cc1ccc(-c2cc3n(n2)CCC(=O)N3CC(=O)N[C@@H](C)c2ccccc2)cc1. The van der Waals surface area contributed by atoms with E-state index in [0.29, 0.717) is 18.8 Å². The molecule has 0 radical (unpaired) electrons. The minimum atomic E-state index is -0.193. The summed E-state index contributed by atoms with van der Waals surface area (Å²) in [5, 5.41) is 7.62. The number of hydrogen-bond donors (Lipinski definition) is 1. The van der Waals surface area contributed by atoms with E-state index >= 15 is 0 Å². The van der Waals surface area contributed by atoms with Crippen LogP contribution in [-0.2, 0) is 16.1 Å². The summed E-state index contributed by atoms with van der Waals surface area (Å²) in [4.78, 5) is 26.7. The Morgan fingerprint density at radius 1 is 1.14 bits per heavy atom. The zero-order chi connectivity index (χ0) is 20.4. The average Bonchev–Trinajstić information content (AvgIpc) is 3.16. The molecule has 2 amide bonds. The number of hydrogen-bond acceptors (Lipinski definition) is 3. The number of anilines is 1. The van der Waals surface area contributed by atoms with Gasteiger partial charge in [0.15, 0.2) is 0 Å². The van der Waals surface area contributed by atoms with Gasteiger partial charge in [0.1, 0.15) is 12.4 Å². The minimum absolute atomic E-state index is 0.0188. The van der Waals surface area contributed by atoms with Crippen LogP contribution in [0.1, 0.15) is 30.5 Å². The van der Waals surface area contributed by atoms with Gasteiger partial charge in [-0.15, -0.1) is 0 Å². The van der Waals surface area contributed by atoms with Crippen molar-refractivity contribution in [1.29, 1.82) is 0 Å². The number of nitrogens with one attached hydrogen (secondary N) is 1. The highest BCUT2D eigenvalue weighted by atomic mass is 16.2. The molecule has 0 saturated carbocycles. The predicted octanol–water partition coefficient (Wildman–Crippen LogP) is 3.47. The molecule has 1 N–H and O–H groups in total. The van der Waals surface area contributed by atoms with Crippen LogP contribution in [0.4, 0.5) is 5.82 Å². The van der Waals surface area contributed by atoms with E-state index in [2.05, 4.69) is 10.4 Å². The van der Waals surface area contributed by atoms with E-state index in [1.807, 2.05) is 79.2 Å². The molecule has 29 heavy (non-hydrogen) atoms. The largest absolute Gasteiger partial charge is 0.348 e. The molecular formula is C23H24N4O2. The molecule has 1 atom stereocenters. The van der Waals surface area contributed by atoms with Crippen LogP contribution >= 0.6 is 0 Å². The molecule has 0 aliphatic carbocycles. The van der Waals surface area contributed by atoms with Crippen molar-refractivity contribution in [3.8, 4) is 11.3 Å². The molecule has 3 aromatic rings. The molecule has 148 valence electrons. The van der Waals surface area contributed by atoms with Gasteiger partial charge in [0.05, 0.1) is 18.3 Å². The maximum absolute atomic E-state index is 12.6. The number of aromatic nitrogens is 2. The third-order valence-corrected chi connectivity index (χ3v) is 5.20. The fraction of sp³-hybridized carbons (Fsp3) is 0.261. The van der Waals surface area contributed by atoms with E-state index in [-0.39, 0.29) is 24.4 Å². The topological polar surface area (TPSA) is 67.2 Å². The first kappa shape index (κ1) is 18.9. The molecule has 0 fully saturated rings. The second-order valence-electron chi connectivity index (χ2n) is 7.41. The van der Waals surface area contributed by atoms with Crippen LogP contribution in [0.3, 0.4) is 0 Å². The zero-order valence-corrected chi connectivity index (χ0v) is 16.6. The lowest BCUT2D eigenvalue weighted by Crippen LogP contribution is -2.44. The molecule has 6 nitrogen and oxygen atoms in total. The Kier molecular flexibility index (Phi) is 5.16. The standard InChI is InChI=1S/C23H24N4O2/c1-16-8-10-19(11-9-16)20-14-22-26(23(29)12-13-27(22)25-20)15-21(28)24-17(2)18-6-4-3-5-7-18/h3-11,14,17H,12-13,15H2,1-2H3,(H,24,28)/t17-/m0/s1. The number of carbonyl (C=O) groups excluding carboxylic acids is 2. The number of rotatable bonds is 5. The number of nitrogens with zero attached hydrogens (tertiary/aromatic N) is 3. The second-order valence-corrected chi connectivity index (χ2v) is 7.41. The first-order chi connectivity index (χ1) is 14.0. The summed E-state index contributed by atoms with van der Waals surface area (Å²) in [6.07, 6.45) is 0.337. The van der Waals surface area contributed by atoms with E-state index < -0.39 is 0 Å². The van der Waals surface area contributed by atoms with Gasteiger partial charge in [0.2, 0.25) is 11.8 Å². The normalized spacial score (nSPS) is 14.4. The molecular weight excluding hydrogens is 364 g/mol. The van der Waals surface area contributed by atoms with Crippen LogP contribution in [0.5, 0.6) is 0 Å². The van der Waals surface area contributed by atoms with Crippen LogP contribution in [0.25, 0.3) is 11.3 Å². The first-order valence-electron chi connectivity index (χ1n) is 9.81. The summed E-state index contributed by atoms with van der Waals surface area (Å²) in [7, 11) is 0. The van der Waals surface area contributed by atoms with Gasteiger partial charge < -0.3 is 5.32 Å². The van der Waals surface area contributed by atoms with Crippen molar-refractivity contribution in [3.63, 3.8) is 0 Å². The van der Waals surface area contributed by atoms with Crippen molar-refractivity contribution >= 4 is 17.6 Å². The fourth-order valence-electron chi connectivity index (χ4n) is 3.54. The molecule has 0 saturated heterocycles. The Morgan fingerprint density at radius 3 is 2.59 bits per heavy atom. The number of carbonyl (C=O) groups is 2. The van der Waals surface area contributed by atoms with Gasteiger partial charge in [-0.25, -0.2) is 4.68 Å². The van der Waals surface area contributed by atoms with E-state index in [1.165, 1.54) is 10.5 Å². The van der Waals surface area contributed by atoms with E-state index in [0.717, 1.165) is 16.8 Å². The van der Waals surface area contributed by atoms with Gasteiger partial charge >= 0.3 is 0 Å². The Morgan fingerprint density at radius 2 is 1.86 bits per heavy atom. The Balaban J connectivity index is 1.52. The highest BCUT2D eigenvalue weighted by molar-refractivity contribution is 5.99. The molecule has 4 rings (SSSR count). The average molecular weight is 388 g/mol. The molecule has 2 heterocycles. The van der Waals surface area contributed by atoms with Gasteiger partial charge in [-0.1, -0.05) is 60.2 Å². The lowest BCUT2D eigenvalue weighted by Gasteiger charge is -2.27. The Hall–Kier alpha value is -3.41. The maximum Gasteiger partial charge on any atom is 0.240 e. The van der Waals surface area contributed by atoms with Crippen LogP contribution in [0.15, 0.2) is 60.7 Å². The zero-order valence-electron chi connectivity index (χ0n) is 16.6. The van der Waals surface area contributed by atoms with Crippen molar-refractivity contribution in [2.75, 3.05) is 11.4 Å². The van der Waals surface area contributed by atoms with Gasteiger partial charge in [0.25, 0.3) is 0 Å². The van der Waals surface area contributed by atoms with Crippen molar-refractivity contribution in [2.45, 2.75) is 32.9 Å². The highest BCUT2D eigenvalue weighted by Crippen LogP contribution is 2.28. The van der Waals surface area contributed by atoms with Gasteiger partial charge in [-0.2, -0.15) is 5.10 Å². The Labute approximate surface area is 170 Å². The van der Waals surface area contributed by atoms with Gasteiger partial charge in [0, 0.05) is 18.1 Å². The Bertz CT molecular complexity index is 1020. The smallest absolute Gasteiger partial charge is 0.240 e. The van der Waals surface area contributed by atoms with Crippen molar-refractivity contribution in [3.05, 3.63) is 71.8 Å². The molecule has 6 heteroatoms. The summed E-state index contributed by atoms with van der Waals surface area (Å²) in [6, 6.07) is 19.6.